The zero-order valence-corrected chi connectivity index (χ0v) is 12.7. The smallest absolute Gasteiger partial charge is 0.412 e. The molecule has 0 aliphatic rings. The Morgan fingerprint density at radius 3 is 2.70 bits per heavy atom. The third-order valence-electron chi connectivity index (χ3n) is 2.44. The molecule has 0 aromatic heterocycles. The fraction of sp³-hybridized carbons (Fsp3) is 0.500. The molecule has 112 valence electrons. The summed E-state index contributed by atoms with van der Waals surface area (Å²) in [6.45, 7) is 5.70. The van der Waals surface area contributed by atoms with E-state index in [2.05, 4.69) is 5.32 Å². The number of nitrogens with one attached hydrogen (secondary N) is 1. The van der Waals surface area contributed by atoms with E-state index in [0.29, 0.717) is 29.2 Å². The summed E-state index contributed by atoms with van der Waals surface area (Å²) in [5.41, 5.74) is 5.88. The minimum absolute atomic E-state index is 0.348. The van der Waals surface area contributed by atoms with Gasteiger partial charge in [0.2, 0.25) is 0 Å². The van der Waals surface area contributed by atoms with Crippen LogP contribution < -0.4 is 11.1 Å². The first-order chi connectivity index (χ1) is 9.23. The monoisotopic (exact) mass is 300 g/mol. The van der Waals surface area contributed by atoms with Gasteiger partial charge in [-0.1, -0.05) is 11.6 Å². The van der Waals surface area contributed by atoms with Crippen molar-refractivity contribution < 1.29 is 14.6 Å². The number of hydrogen-bond acceptors (Lipinski definition) is 4. The summed E-state index contributed by atoms with van der Waals surface area (Å²) in [4.78, 5) is 11.7. The number of rotatable bonds is 4. The lowest BCUT2D eigenvalue weighted by atomic mass is 10.1. The highest BCUT2D eigenvalue weighted by Crippen LogP contribution is 2.28. The average molecular weight is 301 g/mol. The number of aliphatic hydroxyl groups is 1. The number of halogens is 1. The molecule has 0 spiro atoms. The van der Waals surface area contributed by atoms with Crippen LogP contribution >= 0.6 is 11.6 Å². The van der Waals surface area contributed by atoms with Gasteiger partial charge in [-0.05, 0) is 51.9 Å². The van der Waals surface area contributed by atoms with Gasteiger partial charge in [0.25, 0.3) is 0 Å². The van der Waals surface area contributed by atoms with E-state index in [-0.39, 0.29) is 0 Å². The Bertz CT molecular complexity index is 472. The average Bonchev–Trinajstić information content (AvgIpc) is 2.29. The molecular weight excluding hydrogens is 280 g/mol. The Balaban J connectivity index is 2.82. The molecule has 1 rings (SSSR count). The van der Waals surface area contributed by atoms with Crippen molar-refractivity contribution in [3.8, 4) is 0 Å². The summed E-state index contributed by atoms with van der Waals surface area (Å²) in [6.07, 6.45) is -0.915. The Kier molecular flexibility index (Phi) is 5.80. The molecule has 0 aliphatic carbocycles. The van der Waals surface area contributed by atoms with E-state index in [1.807, 2.05) is 0 Å². The zero-order chi connectivity index (χ0) is 15.3. The van der Waals surface area contributed by atoms with E-state index < -0.39 is 17.8 Å². The van der Waals surface area contributed by atoms with Gasteiger partial charge in [0.1, 0.15) is 5.60 Å². The number of carbonyl (C=O) groups excluding carboxylic acids is 1. The summed E-state index contributed by atoms with van der Waals surface area (Å²) < 4.78 is 5.15. The Morgan fingerprint density at radius 2 is 2.15 bits per heavy atom. The van der Waals surface area contributed by atoms with Crippen molar-refractivity contribution in [2.75, 3.05) is 11.9 Å². The molecule has 0 bridgehead atoms. The van der Waals surface area contributed by atoms with Crippen LogP contribution in [0, 0.1) is 0 Å². The quantitative estimate of drug-likeness (QED) is 0.798. The van der Waals surface area contributed by atoms with Crippen LogP contribution in [0.3, 0.4) is 0 Å². The minimum Gasteiger partial charge on any atom is -0.444 e. The standard InChI is InChI=1S/C14H21ClN2O3/c1-14(2,3)20-13(19)17-9-4-5-11(15)10(8-9)12(18)6-7-16/h4-5,8,12,18H,6-7,16H2,1-3H3,(H,17,19). The first kappa shape index (κ1) is 16.8. The van der Waals surface area contributed by atoms with E-state index in [9.17, 15) is 9.90 Å². The zero-order valence-electron chi connectivity index (χ0n) is 11.9. The van der Waals surface area contributed by atoms with Crippen LogP contribution in [0.15, 0.2) is 18.2 Å². The number of amides is 1. The van der Waals surface area contributed by atoms with E-state index >= 15 is 0 Å². The van der Waals surface area contributed by atoms with Crippen LogP contribution in [-0.2, 0) is 4.74 Å². The number of hydrogen-bond donors (Lipinski definition) is 3. The Morgan fingerprint density at radius 1 is 1.50 bits per heavy atom. The van der Waals surface area contributed by atoms with Crippen LogP contribution in [0.5, 0.6) is 0 Å². The van der Waals surface area contributed by atoms with Gasteiger partial charge in [-0.3, -0.25) is 5.32 Å². The maximum Gasteiger partial charge on any atom is 0.412 e. The highest BCUT2D eigenvalue weighted by atomic mass is 35.5. The predicted octanol–water partition coefficient (Wildman–Crippen LogP) is 3.07. The molecule has 4 N–H and O–H groups in total. The van der Waals surface area contributed by atoms with Crippen LogP contribution in [0.2, 0.25) is 5.02 Å². The molecule has 1 aromatic rings. The third kappa shape index (κ3) is 5.36. The molecule has 0 heterocycles. The van der Waals surface area contributed by atoms with Gasteiger partial charge in [-0.2, -0.15) is 0 Å². The normalized spacial score (nSPS) is 12.9. The molecule has 1 aromatic carbocycles. The van der Waals surface area contributed by atoms with Gasteiger partial charge in [0.15, 0.2) is 0 Å². The molecule has 5 nitrogen and oxygen atoms in total. The number of carbonyl (C=O) groups is 1. The lowest BCUT2D eigenvalue weighted by Crippen LogP contribution is -2.27. The lowest BCUT2D eigenvalue weighted by molar-refractivity contribution is 0.0636. The first-order valence-electron chi connectivity index (χ1n) is 6.40. The molecule has 1 amide bonds. The van der Waals surface area contributed by atoms with Gasteiger partial charge < -0.3 is 15.6 Å². The molecule has 0 saturated carbocycles. The number of aliphatic hydroxyl groups excluding tert-OH is 1. The maximum atomic E-state index is 11.7. The summed E-state index contributed by atoms with van der Waals surface area (Å²) in [6, 6.07) is 4.88. The van der Waals surface area contributed by atoms with Gasteiger partial charge in [0.05, 0.1) is 6.10 Å². The predicted molar refractivity (Wildman–Crippen MR) is 79.9 cm³/mol. The van der Waals surface area contributed by atoms with Crippen molar-refractivity contribution in [3.05, 3.63) is 28.8 Å². The van der Waals surface area contributed by atoms with Crippen molar-refractivity contribution in [2.45, 2.75) is 38.9 Å². The highest BCUT2D eigenvalue weighted by molar-refractivity contribution is 6.31. The van der Waals surface area contributed by atoms with Crippen LogP contribution in [-0.4, -0.2) is 23.3 Å². The van der Waals surface area contributed by atoms with Gasteiger partial charge in [0, 0.05) is 16.3 Å². The molecular formula is C14H21ClN2O3. The van der Waals surface area contributed by atoms with E-state index in [0.717, 1.165) is 0 Å². The van der Waals surface area contributed by atoms with E-state index in [1.54, 1.807) is 39.0 Å². The first-order valence-corrected chi connectivity index (χ1v) is 6.78. The van der Waals surface area contributed by atoms with Crippen LogP contribution in [0.1, 0.15) is 38.9 Å². The molecule has 20 heavy (non-hydrogen) atoms. The Hall–Kier alpha value is -1.30. The van der Waals surface area contributed by atoms with Crippen molar-refractivity contribution in [1.29, 1.82) is 0 Å². The number of ether oxygens (including phenoxy) is 1. The maximum absolute atomic E-state index is 11.7. The summed E-state index contributed by atoms with van der Waals surface area (Å²) >= 11 is 6.03. The fourth-order valence-electron chi connectivity index (χ4n) is 1.61. The van der Waals surface area contributed by atoms with Gasteiger partial charge in [-0.25, -0.2) is 4.79 Å². The molecule has 0 aliphatic heterocycles. The summed E-state index contributed by atoms with van der Waals surface area (Å²) in [5, 5.41) is 13.0. The van der Waals surface area contributed by atoms with Gasteiger partial charge in [-0.15, -0.1) is 0 Å². The second-order valence-electron chi connectivity index (χ2n) is 5.46. The molecule has 0 saturated heterocycles. The lowest BCUT2D eigenvalue weighted by Gasteiger charge is -2.20. The van der Waals surface area contributed by atoms with Crippen molar-refractivity contribution in [1.82, 2.24) is 0 Å². The van der Waals surface area contributed by atoms with Crippen molar-refractivity contribution >= 4 is 23.4 Å². The molecule has 6 heteroatoms. The molecule has 1 atom stereocenters. The van der Waals surface area contributed by atoms with E-state index in [4.69, 9.17) is 22.1 Å². The number of nitrogens with two attached hydrogens (primary N) is 1. The number of benzene rings is 1. The molecule has 1 unspecified atom stereocenters. The molecule has 0 radical (unpaired) electrons. The number of anilines is 1. The third-order valence-corrected chi connectivity index (χ3v) is 2.78. The van der Waals surface area contributed by atoms with Crippen molar-refractivity contribution in [2.24, 2.45) is 5.73 Å². The largest absolute Gasteiger partial charge is 0.444 e. The Labute approximate surface area is 124 Å². The van der Waals surface area contributed by atoms with E-state index in [1.165, 1.54) is 0 Å². The second-order valence-corrected chi connectivity index (χ2v) is 5.86. The van der Waals surface area contributed by atoms with Crippen LogP contribution in [0.4, 0.5) is 10.5 Å². The van der Waals surface area contributed by atoms with Crippen LogP contribution in [0.25, 0.3) is 0 Å². The van der Waals surface area contributed by atoms with Crippen molar-refractivity contribution in [3.63, 3.8) is 0 Å². The topological polar surface area (TPSA) is 84.6 Å². The van der Waals surface area contributed by atoms with Gasteiger partial charge >= 0.3 is 6.09 Å². The SMILES string of the molecule is CC(C)(C)OC(=O)Nc1ccc(Cl)c(C(O)CCN)c1. The fourth-order valence-corrected chi connectivity index (χ4v) is 1.86. The molecule has 0 fully saturated rings. The highest BCUT2D eigenvalue weighted by Gasteiger charge is 2.17. The summed E-state index contributed by atoms with van der Waals surface area (Å²) in [5.74, 6) is 0. The second kappa shape index (κ2) is 6.92. The summed E-state index contributed by atoms with van der Waals surface area (Å²) in [7, 11) is 0. The minimum atomic E-state index is -0.757.